The molecule has 0 fully saturated rings. The van der Waals surface area contributed by atoms with Crippen LogP contribution in [0.4, 0.5) is 0 Å². The SMILES string of the molecule is CCNCc1ccc(OCCC(=O)NC)c(Cl)c1. The average Bonchev–Trinajstić information content (AvgIpc) is 2.38. The summed E-state index contributed by atoms with van der Waals surface area (Å²) < 4.78 is 5.46. The van der Waals surface area contributed by atoms with Gasteiger partial charge in [0.05, 0.1) is 18.1 Å². The third-order valence-electron chi connectivity index (χ3n) is 2.44. The lowest BCUT2D eigenvalue weighted by atomic mass is 10.2. The Hall–Kier alpha value is -1.26. The lowest BCUT2D eigenvalue weighted by Gasteiger charge is -2.09. The first-order valence-electron chi connectivity index (χ1n) is 6.00. The van der Waals surface area contributed by atoms with Gasteiger partial charge in [-0.15, -0.1) is 0 Å². The van der Waals surface area contributed by atoms with Crippen molar-refractivity contribution >= 4 is 17.5 Å². The lowest BCUT2D eigenvalue weighted by molar-refractivity contribution is -0.121. The first-order chi connectivity index (χ1) is 8.67. The van der Waals surface area contributed by atoms with Gasteiger partial charge in [-0.2, -0.15) is 0 Å². The molecule has 0 saturated heterocycles. The number of carbonyl (C=O) groups excluding carboxylic acids is 1. The van der Waals surface area contributed by atoms with E-state index < -0.39 is 0 Å². The van der Waals surface area contributed by atoms with E-state index >= 15 is 0 Å². The smallest absolute Gasteiger partial charge is 0.223 e. The van der Waals surface area contributed by atoms with Crippen LogP contribution in [0, 0.1) is 0 Å². The zero-order chi connectivity index (χ0) is 13.4. The maximum absolute atomic E-state index is 11.0. The van der Waals surface area contributed by atoms with Gasteiger partial charge in [0, 0.05) is 13.6 Å². The Bertz CT molecular complexity index is 397. The molecule has 5 heteroatoms. The van der Waals surface area contributed by atoms with Crippen molar-refractivity contribution in [2.45, 2.75) is 19.9 Å². The molecule has 100 valence electrons. The highest BCUT2D eigenvalue weighted by Crippen LogP contribution is 2.25. The van der Waals surface area contributed by atoms with Gasteiger partial charge >= 0.3 is 0 Å². The highest BCUT2D eigenvalue weighted by atomic mass is 35.5. The Morgan fingerprint density at radius 1 is 1.44 bits per heavy atom. The second kappa shape index (κ2) is 7.95. The van der Waals surface area contributed by atoms with Gasteiger partial charge in [0.25, 0.3) is 0 Å². The number of amides is 1. The first-order valence-corrected chi connectivity index (χ1v) is 6.37. The molecule has 0 spiro atoms. The molecule has 0 aliphatic carbocycles. The second-order valence-corrected chi connectivity index (χ2v) is 4.22. The van der Waals surface area contributed by atoms with Crippen LogP contribution in [0.15, 0.2) is 18.2 Å². The van der Waals surface area contributed by atoms with Crippen LogP contribution in [0.3, 0.4) is 0 Å². The average molecular weight is 271 g/mol. The minimum Gasteiger partial charge on any atom is -0.491 e. The molecular formula is C13H19ClN2O2. The summed E-state index contributed by atoms with van der Waals surface area (Å²) in [6, 6.07) is 5.67. The molecule has 0 heterocycles. The molecule has 1 amide bonds. The predicted octanol–water partition coefficient (Wildman–Crippen LogP) is 1.96. The van der Waals surface area contributed by atoms with Crippen molar-refractivity contribution in [3.63, 3.8) is 0 Å². The number of hydrogen-bond donors (Lipinski definition) is 2. The quantitative estimate of drug-likeness (QED) is 0.796. The van der Waals surface area contributed by atoms with E-state index in [1.54, 1.807) is 7.05 Å². The van der Waals surface area contributed by atoms with Crippen LogP contribution < -0.4 is 15.4 Å². The van der Waals surface area contributed by atoms with Crippen LogP contribution in [-0.2, 0) is 11.3 Å². The number of carbonyl (C=O) groups is 1. The van der Waals surface area contributed by atoms with E-state index in [0.717, 1.165) is 18.7 Å². The molecular weight excluding hydrogens is 252 g/mol. The van der Waals surface area contributed by atoms with Gasteiger partial charge in [-0.3, -0.25) is 4.79 Å². The Labute approximate surface area is 113 Å². The molecule has 1 aromatic carbocycles. The van der Waals surface area contributed by atoms with E-state index in [9.17, 15) is 4.79 Å². The molecule has 2 N–H and O–H groups in total. The van der Waals surface area contributed by atoms with Crippen molar-refractivity contribution in [1.29, 1.82) is 0 Å². The molecule has 0 radical (unpaired) electrons. The minimum atomic E-state index is -0.0464. The fourth-order valence-electron chi connectivity index (χ4n) is 1.42. The summed E-state index contributed by atoms with van der Waals surface area (Å²) in [6.07, 6.45) is 0.325. The van der Waals surface area contributed by atoms with Crippen LogP contribution in [0.25, 0.3) is 0 Å². The molecule has 0 atom stereocenters. The molecule has 18 heavy (non-hydrogen) atoms. The van der Waals surface area contributed by atoms with Crippen LogP contribution >= 0.6 is 11.6 Å². The monoisotopic (exact) mass is 270 g/mol. The number of benzene rings is 1. The molecule has 0 saturated carbocycles. The number of hydrogen-bond acceptors (Lipinski definition) is 3. The van der Waals surface area contributed by atoms with Gasteiger partial charge in [0.1, 0.15) is 5.75 Å². The van der Waals surface area contributed by atoms with Crippen LogP contribution in [0.2, 0.25) is 5.02 Å². The lowest BCUT2D eigenvalue weighted by Crippen LogP contribution is -2.20. The topological polar surface area (TPSA) is 50.4 Å². The standard InChI is InChI=1S/C13H19ClN2O2/c1-3-16-9-10-4-5-12(11(14)8-10)18-7-6-13(17)15-2/h4-5,8,16H,3,6-7,9H2,1-2H3,(H,15,17). The molecule has 1 aromatic rings. The van der Waals surface area contributed by atoms with Gasteiger partial charge in [-0.1, -0.05) is 24.6 Å². The summed E-state index contributed by atoms with van der Waals surface area (Å²) in [7, 11) is 1.60. The molecule has 1 rings (SSSR count). The van der Waals surface area contributed by atoms with Crippen molar-refractivity contribution in [3.05, 3.63) is 28.8 Å². The van der Waals surface area contributed by atoms with Crippen molar-refractivity contribution in [2.75, 3.05) is 20.2 Å². The van der Waals surface area contributed by atoms with Crippen LogP contribution in [-0.4, -0.2) is 26.1 Å². The van der Waals surface area contributed by atoms with E-state index in [1.165, 1.54) is 0 Å². The van der Waals surface area contributed by atoms with Gasteiger partial charge in [0.2, 0.25) is 5.91 Å². The molecule has 0 aromatic heterocycles. The van der Waals surface area contributed by atoms with Gasteiger partial charge < -0.3 is 15.4 Å². The molecule has 0 aliphatic heterocycles. The number of rotatable bonds is 7. The Morgan fingerprint density at radius 3 is 2.83 bits per heavy atom. The van der Waals surface area contributed by atoms with E-state index in [2.05, 4.69) is 17.6 Å². The summed E-state index contributed by atoms with van der Waals surface area (Å²) in [5, 5.41) is 6.33. The van der Waals surface area contributed by atoms with E-state index in [1.807, 2.05) is 18.2 Å². The number of halogens is 1. The largest absolute Gasteiger partial charge is 0.491 e. The fourth-order valence-corrected chi connectivity index (χ4v) is 1.68. The Morgan fingerprint density at radius 2 is 2.22 bits per heavy atom. The first kappa shape index (κ1) is 14.8. The molecule has 0 bridgehead atoms. The Kier molecular flexibility index (Phi) is 6.54. The maximum atomic E-state index is 11.0. The van der Waals surface area contributed by atoms with Gasteiger partial charge in [-0.05, 0) is 24.2 Å². The number of ether oxygens (including phenoxy) is 1. The summed E-state index contributed by atoms with van der Waals surface area (Å²) in [5.74, 6) is 0.565. The van der Waals surface area contributed by atoms with Crippen molar-refractivity contribution in [1.82, 2.24) is 10.6 Å². The summed E-state index contributed by atoms with van der Waals surface area (Å²) in [4.78, 5) is 11.0. The van der Waals surface area contributed by atoms with E-state index in [4.69, 9.17) is 16.3 Å². The van der Waals surface area contributed by atoms with Crippen molar-refractivity contribution in [2.24, 2.45) is 0 Å². The fraction of sp³-hybridized carbons (Fsp3) is 0.462. The predicted molar refractivity (Wildman–Crippen MR) is 73.0 cm³/mol. The third kappa shape index (κ3) is 4.94. The summed E-state index contributed by atoms with van der Waals surface area (Å²) in [5.41, 5.74) is 1.11. The van der Waals surface area contributed by atoms with Crippen molar-refractivity contribution in [3.8, 4) is 5.75 Å². The third-order valence-corrected chi connectivity index (χ3v) is 2.74. The molecule has 4 nitrogen and oxygen atoms in total. The van der Waals surface area contributed by atoms with Gasteiger partial charge in [0.15, 0.2) is 0 Å². The highest BCUT2D eigenvalue weighted by molar-refractivity contribution is 6.32. The zero-order valence-electron chi connectivity index (χ0n) is 10.8. The summed E-state index contributed by atoms with van der Waals surface area (Å²) >= 11 is 6.10. The zero-order valence-corrected chi connectivity index (χ0v) is 11.5. The van der Waals surface area contributed by atoms with Crippen LogP contribution in [0.5, 0.6) is 5.75 Å². The maximum Gasteiger partial charge on any atom is 0.223 e. The Balaban J connectivity index is 2.49. The molecule has 0 unspecified atom stereocenters. The van der Waals surface area contributed by atoms with Gasteiger partial charge in [-0.25, -0.2) is 0 Å². The van der Waals surface area contributed by atoms with E-state index in [-0.39, 0.29) is 5.91 Å². The minimum absolute atomic E-state index is 0.0464. The van der Waals surface area contributed by atoms with Crippen LogP contribution in [0.1, 0.15) is 18.9 Å². The van der Waals surface area contributed by atoms with E-state index in [0.29, 0.717) is 23.8 Å². The second-order valence-electron chi connectivity index (χ2n) is 3.82. The molecule has 0 aliphatic rings. The number of nitrogens with one attached hydrogen (secondary N) is 2. The summed E-state index contributed by atoms with van der Waals surface area (Å²) in [6.45, 7) is 4.08. The van der Waals surface area contributed by atoms with Crippen molar-refractivity contribution < 1.29 is 9.53 Å². The highest BCUT2D eigenvalue weighted by Gasteiger charge is 2.04. The normalized spacial score (nSPS) is 10.2.